The number of piperidine rings is 1. The minimum atomic E-state index is -4.25. The second kappa shape index (κ2) is 4.66. The Bertz CT molecular complexity index is 399. The predicted molar refractivity (Wildman–Crippen MR) is 60.3 cm³/mol. The average molecular weight is 279 g/mol. The van der Waals surface area contributed by atoms with E-state index in [1.54, 1.807) is 6.92 Å². The summed E-state index contributed by atoms with van der Waals surface area (Å²) in [6.07, 6.45) is -3.04. The second-order valence-corrected chi connectivity index (χ2v) is 5.30. The first-order chi connectivity index (χ1) is 8.71. The first kappa shape index (κ1) is 14.1. The third kappa shape index (κ3) is 2.99. The quantitative estimate of drug-likeness (QED) is 0.737. The van der Waals surface area contributed by atoms with Gasteiger partial charge in [0, 0.05) is 12.5 Å². The van der Waals surface area contributed by atoms with Crippen molar-refractivity contribution < 1.29 is 22.8 Å². The minimum Gasteiger partial charge on any atom is -0.323 e. The molecule has 0 aliphatic carbocycles. The second-order valence-electron chi connectivity index (χ2n) is 5.30. The molecule has 3 amide bonds. The lowest BCUT2D eigenvalue weighted by Gasteiger charge is -2.39. The maximum Gasteiger partial charge on any atom is 0.401 e. The first-order valence-corrected chi connectivity index (χ1v) is 6.13. The number of hydrogen-bond acceptors (Lipinski definition) is 3. The molecule has 0 unspecified atom stereocenters. The number of carbonyl (C=O) groups is 2. The van der Waals surface area contributed by atoms with E-state index in [-0.39, 0.29) is 12.5 Å². The Morgan fingerprint density at radius 2 is 2.11 bits per heavy atom. The molecule has 2 atom stereocenters. The molecule has 0 saturated carbocycles. The lowest BCUT2D eigenvalue weighted by molar-refractivity contribution is -0.151. The summed E-state index contributed by atoms with van der Waals surface area (Å²) in [6, 6.07) is -0.583. The van der Waals surface area contributed by atoms with Gasteiger partial charge in [0.15, 0.2) is 0 Å². The highest BCUT2D eigenvalue weighted by atomic mass is 19.4. The Morgan fingerprint density at radius 1 is 1.42 bits per heavy atom. The molecule has 2 aliphatic rings. The molecule has 108 valence electrons. The van der Waals surface area contributed by atoms with Crippen LogP contribution in [0.5, 0.6) is 0 Å². The van der Waals surface area contributed by atoms with Crippen molar-refractivity contribution in [2.75, 3.05) is 19.6 Å². The minimum absolute atomic E-state index is 0.156. The number of hydrogen-bond donors (Lipinski definition) is 2. The summed E-state index contributed by atoms with van der Waals surface area (Å²) in [6.45, 7) is 1.11. The average Bonchev–Trinajstić information content (AvgIpc) is 2.51. The smallest absolute Gasteiger partial charge is 0.323 e. The van der Waals surface area contributed by atoms with E-state index in [9.17, 15) is 22.8 Å². The Balaban J connectivity index is 2.05. The molecule has 2 N–H and O–H groups in total. The number of halogens is 3. The molecule has 19 heavy (non-hydrogen) atoms. The molecule has 0 aromatic heterocycles. The van der Waals surface area contributed by atoms with Crippen LogP contribution in [0.25, 0.3) is 0 Å². The number of nitrogens with zero attached hydrogens (tertiary/aromatic N) is 1. The van der Waals surface area contributed by atoms with Crippen molar-refractivity contribution in [2.24, 2.45) is 5.92 Å². The lowest BCUT2D eigenvalue weighted by Crippen LogP contribution is -2.56. The molecule has 0 spiro atoms. The highest BCUT2D eigenvalue weighted by Crippen LogP contribution is 2.31. The van der Waals surface area contributed by atoms with Gasteiger partial charge in [0.2, 0.25) is 0 Å². The fraction of sp³-hybridized carbons (Fsp3) is 0.818. The van der Waals surface area contributed by atoms with Crippen LogP contribution in [0.2, 0.25) is 0 Å². The van der Waals surface area contributed by atoms with Crippen LogP contribution >= 0.6 is 0 Å². The van der Waals surface area contributed by atoms with Gasteiger partial charge in [-0.2, -0.15) is 13.2 Å². The van der Waals surface area contributed by atoms with Gasteiger partial charge in [-0.1, -0.05) is 0 Å². The molecular formula is C11H16F3N3O2. The van der Waals surface area contributed by atoms with E-state index in [2.05, 4.69) is 10.6 Å². The van der Waals surface area contributed by atoms with E-state index in [0.717, 1.165) is 0 Å². The zero-order valence-corrected chi connectivity index (χ0v) is 10.5. The molecule has 2 rings (SSSR count). The van der Waals surface area contributed by atoms with E-state index in [0.29, 0.717) is 19.4 Å². The molecule has 0 aromatic carbocycles. The standard InChI is InChI=1S/C11H16F3N3O2/c1-10(8(18)15-9(19)16-10)7-3-2-4-17(5-7)6-11(12,13)14/h7H,2-6H2,1H3,(H2,15,16,18,19)/t7-,10+/m1/s1. The van der Waals surface area contributed by atoms with Crippen molar-refractivity contribution >= 4 is 11.9 Å². The maximum absolute atomic E-state index is 12.4. The highest BCUT2D eigenvalue weighted by molar-refractivity contribution is 6.06. The summed E-state index contributed by atoms with van der Waals surface area (Å²) < 4.78 is 37.2. The van der Waals surface area contributed by atoms with E-state index in [4.69, 9.17) is 0 Å². The summed E-state index contributed by atoms with van der Waals surface area (Å²) in [5, 5.41) is 4.66. The van der Waals surface area contributed by atoms with E-state index in [1.807, 2.05) is 0 Å². The van der Waals surface area contributed by atoms with Gasteiger partial charge in [-0.25, -0.2) is 4.79 Å². The Hall–Kier alpha value is -1.31. The van der Waals surface area contributed by atoms with Crippen LogP contribution in [-0.4, -0.2) is 48.2 Å². The Kier molecular flexibility index (Phi) is 3.46. The summed E-state index contributed by atoms with van der Waals surface area (Å²) in [4.78, 5) is 24.2. The molecule has 8 heteroatoms. The molecular weight excluding hydrogens is 263 g/mol. The Morgan fingerprint density at radius 3 is 2.63 bits per heavy atom. The van der Waals surface area contributed by atoms with Crippen LogP contribution in [-0.2, 0) is 4.79 Å². The predicted octanol–water partition coefficient (Wildman–Crippen LogP) is 0.859. The molecule has 2 heterocycles. The lowest BCUT2D eigenvalue weighted by atomic mass is 9.80. The Labute approximate surface area is 108 Å². The number of rotatable bonds is 2. The zero-order valence-electron chi connectivity index (χ0n) is 10.5. The normalized spacial score (nSPS) is 33.2. The number of nitrogens with one attached hydrogen (secondary N) is 2. The summed E-state index contributed by atoms with van der Waals surface area (Å²) in [7, 11) is 0. The molecule has 2 aliphatic heterocycles. The molecule has 5 nitrogen and oxygen atoms in total. The van der Waals surface area contributed by atoms with Crippen molar-refractivity contribution in [2.45, 2.75) is 31.5 Å². The van der Waals surface area contributed by atoms with Crippen LogP contribution < -0.4 is 10.6 Å². The fourth-order valence-corrected chi connectivity index (χ4v) is 2.77. The monoisotopic (exact) mass is 279 g/mol. The van der Waals surface area contributed by atoms with E-state index < -0.39 is 30.2 Å². The van der Waals surface area contributed by atoms with Gasteiger partial charge in [0.1, 0.15) is 5.54 Å². The third-order valence-corrected chi connectivity index (χ3v) is 3.80. The molecule has 0 aromatic rings. The summed E-state index contributed by atoms with van der Waals surface area (Å²) >= 11 is 0. The number of likely N-dealkylation sites (tertiary alicyclic amines) is 1. The topological polar surface area (TPSA) is 61.4 Å². The van der Waals surface area contributed by atoms with Gasteiger partial charge in [0.05, 0.1) is 6.54 Å². The molecule has 2 fully saturated rings. The van der Waals surface area contributed by atoms with E-state index in [1.165, 1.54) is 4.90 Å². The molecule has 0 radical (unpaired) electrons. The SMILES string of the molecule is C[C@@]1([C@@H]2CCCN(CC(F)(F)F)C2)NC(=O)NC1=O. The maximum atomic E-state index is 12.4. The van der Waals surface area contributed by atoms with Gasteiger partial charge in [-0.15, -0.1) is 0 Å². The van der Waals surface area contributed by atoms with Crippen molar-refractivity contribution in [1.29, 1.82) is 0 Å². The van der Waals surface area contributed by atoms with Crippen molar-refractivity contribution in [3.8, 4) is 0 Å². The van der Waals surface area contributed by atoms with Gasteiger partial charge in [0.25, 0.3) is 5.91 Å². The number of carbonyl (C=O) groups excluding carboxylic acids is 2. The third-order valence-electron chi connectivity index (χ3n) is 3.80. The van der Waals surface area contributed by atoms with Crippen LogP contribution in [0.3, 0.4) is 0 Å². The largest absolute Gasteiger partial charge is 0.401 e. The first-order valence-electron chi connectivity index (χ1n) is 6.13. The van der Waals surface area contributed by atoms with Crippen LogP contribution in [0.1, 0.15) is 19.8 Å². The zero-order chi connectivity index (χ0) is 14.3. The summed E-state index contributed by atoms with van der Waals surface area (Å²) in [5.41, 5.74) is -1.11. The fourth-order valence-electron chi connectivity index (χ4n) is 2.77. The number of amides is 3. The van der Waals surface area contributed by atoms with Crippen LogP contribution in [0.4, 0.5) is 18.0 Å². The van der Waals surface area contributed by atoms with Gasteiger partial charge < -0.3 is 5.32 Å². The van der Waals surface area contributed by atoms with E-state index >= 15 is 0 Å². The van der Waals surface area contributed by atoms with Crippen molar-refractivity contribution in [3.63, 3.8) is 0 Å². The van der Waals surface area contributed by atoms with Gasteiger partial charge in [-0.05, 0) is 26.3 Å². The number of alkyl halides is 3. The van der Waals surface area contributed by atoms with Crippen molar-refractivity contribution in [3.05, 3.63) is 0 Å². The van der Waals surface area contributed by atoms with Gasteiger partial charge >= 0.3 is 12.2 Å². The summed E-state index contributed by atoms with van der Waals surface area (Å²) in [5.74, 6) is -0.772. The van der Waals surface area contributed by atoms with Crippen molar-refractivity contribution in [1.82, 2.24) is 15.5 Å². The molecule has 0 bridgehead atoms. The van der Waals surface area contributed by atoms with Crippen LogP contribution in [0.15, 0.2) is 0 Å². The highest BCUT2D eigenvalue weighted by Gasteiger charge is 2.49. The molecule has 2 saturated heterocycles. The van der Waals surface area contributed by atoms with Gasteiger partial charge in [-0.3, -0.25) is 15.0 Å². The van der Waals surface area contributed by atoms with Crippen LogP contribution in [0, 0.1) is 5.92 Å². The number of imide groups is 1. The number of urea groups is 1.